The normalized spacial score (nSPS) is 24.8. The van der Waals surface area contributed by atoms with E-state index in [0.29, 0.717) is 5.57 Å². The van der Waals surface area contributed by atoms with Crippen molar-refractivity contribution in [3.63, 3.8) is 0 Å². The Bertz CT molecular complexity index is 1590. The lowest BCUT2D eigenvalue weighted by Gasteiger charge is -2.50. The highest BCUT2D eigenvalue weighted by Gasteiger charge is 2.65. The summed E-state index contributed by atoms with van der Waals surface area (Å²) in [6, 6.07) is -0.785. The average Bonchev–Trinajstić information content (AvgIpc) is 2.99. The van der Waals surface area contributed by atoms with E-state index in [9.17, 15) is 19.2 Å². The minimum atomic E-state index is -3.32. The smallest absolute Gasteiger partial charge is 0.435 e. The van der Waals surface area contributed by atoms with Gasteiger partial charge in [0.25, 0.3) is 0 Å². The molecule has 50 heavy (non-hydrogen) atoms. The number of halogens is 3. The summed E-state index contributed by atoms with van der Waals surface area (Å²) in [6.07, 6.45) is -6.61. The van der Waals surface area contributed by atoms with Crippen molar-refractivity contribution in [3.8, 4) is 11.5 Å². The fraction of sp³-hybridized carbons (Fsp3) is 0.559. The fourth-order valence-corrected chi connectivity index (χ4v) is 5.62. The van der Waals surface area contributed by atoms with Gasteiger partial charge in [-0.1, -0.05) is 20.4 Å². The number of nitrogens with zero attached hydrogens (tertiary/aromatic N) is 1. The second-order valence-corrected chi connectivity index (χ2v) is 12.9. The largest absolute Gasteiger partial charge is 0.464 e. The van der Waals surface area contributed by atoms with Gasteiger partial charge in [-0.05, 0) is 58.8 Å². The van der Waals surface area contributed by atoms with Crippen LogP contribution in [0.25, 0.3) is 5.57 Å². The van der Waals surface area contributed by atoms with Crippen LogP contribution in [-0.2, 0) is 38.1 Å². The summed E-state index contributed by atoms with van der Waals surface area (Å²) >= 11 is 0. The Morgan fingerprint density at radius 1 is 1.12 bits per heavy atom. The molecule has 2 heterocycles. The summed E-state index contributed by atoms with van der Waals surface area (Å²) in [7, 11) is 0.853. The van der Waals surface area contributed by atoms with E-state index in [1.54, 1.807) is 34.6 Å². The van der Waals surface area contributed by atoms with E-state index in [1.807, 2.05) is 0 Å². The molecule has 1 N–H and O–H groups in total. The maximum absolute atomic E-state index is 17.2. The van der Waals surface area contributed by atoms with Gasteiger partial charge < -0.3 is 38.5 Å². The number of benzene rings is 1. The number of amidine groups is 1. The lowest BCUT2D eigenvalue weighted by Crippen LogP contribution is -2.72. The van der Waals surface area contributed by atoms with E-state index in [1.165, 1.54) is 19.9 Å². The van der Waals surface area contributed by atoms with Gasteiger partial charge >= 0.3 is 29.8 Å². The first-order valence-electron chi connectivity index (χ1n) is 15.7. The Balaban J connectivity index is 2.28. The predicted octanol–water partition coefficient (Wildman–Crippen LogP) is 5.48. The van der Waals surface area contributed by atoms with Crippen molar-refractivity contribution in [1.82, 2.24) is 5.32 Å². The molecule has 2 aliphatic heterocycles. The van der Waals surface area contributed by atoms with Gasteiger partial charge in [-0.25, -0.2) is 18.4 Å². The molecule has 0 aliphatic carbocycles. The van der Waals surface area contributed by atoms with Crippen molar-refractivity contribution >= 4 is 35.4 Å². The Morgan fingerprint density at radius 2 is 1.74 bits per heavy atom. The van der Waals surface area contributed by atoms with Crippen molar-refractivity contribution in [2.75, 3.05) is 7.11 Å². The van der Waals surface area contributed by atoms with E-state index in [0.717, 1.165) is 27.0 Å². The molecule has 1 aromatic rings. The molecule has 276 valence electrons. The molecule has 13 nitrogen and oxygen atoms in total. The lowest BCUT2D eigenvalue weighted by molar-refractivity contribution is -0.304. The van der Waals surface area contributed by atoms with Gasteiger partial charge in [0.05, 0.1) is 13.2 Å². The number of nitrogens with one attached hydrogen (secondary N) is 1. The molecule has 0 aromatic heterocycles. The number of esters is 3. The molecule has 1 saturated heterocycles. The van der Waals surface area contributed by atoms with Crippen LogP contribution in [0.15, 0.2) is 29.5 Å². The van der Waals surface area contributed by atoms with Crippen LogP contribution >= 0.6 is 0 Å². The van der Waals surface area contributed by atoms with E-state index < -0.39 is 95.0 Å². The van der Waals surface area contributed by atoms with Gasteiger partial charge in [0.15, 0.2) is 29.6 Å². The third kappa shape index (κ3) is 8.76. The Morgan fingerprint density at radius 3 is 2.28 bits per heavy atom. The maximum atomic E-state index is 17.2. The standard InChI is InChI=1S/C34H43F3N2O11/c1-12-23(46-19(6)40)29(47-20(7)41)26-17(4)25(38-18(5)39-32(43)50-33(8,9)10)30(37)34(48-26,31(42)44-11)49-28-22(35)14-21-15(2)13-16(3)45-27(21)24(28)36/h13-14,17,23,25-26,29-30H,3,12H2,1-2,4-11H3,(H,38,39,43)/t17?,23-,25?,26?,29-,30?,34?/m1/s1. The summed E-state index contributed by atoms with van der Waals surface area (Å²) in [6.45, 7) is 16.5. The molecular weight excluding hydrogens is 669 g/mol. The molecule has 0 spiro atoms. The van der Waals surface area contributed by atoms with Gasteiger partial charge in [-0.2, -0.15) is 9.38 Å². The fourth-order valence-electron chi connectivity index (χ4n) is 5.62. The number of ether oxygens (including phenoxy) is 7. The highest BCUT2D eigenvalue weighted by Crippen LogP contribution is 2.45. The van der Waals surface area contributed by atoms with Crippen LogP contribution in [0.1, 0.15) is 74.3 Å². The summed E-state index contributed by atoms with van der Waals surface area (Å²) in [5, 5.41) is 2.71. The van der Waals surface area contributed by atoms with E-state index >= 15 is 13.2 Å². The molecule has 16 heteroatoms. The van der Waals surface area contributed by atoms with Crippen LogP contribution in [0.3, 0.4) is 0 Å². The number of fused-ring (bicyclic) bond motifs is 1. The zero-order valence-electron chi connectivity index (χ0n) is 29.6. The van der Waals surface area contributed by atoms with Crippen LogP contribution in [-0.4, -0.2) is 78.9 Å². The van der Waals surface area contributed by atoms with Crippen molar-refractivity contribution < 1.29 is 65.5 Å². The highest BCUT2D eigenvalue weighted by atomic mass is 19.1. The van der Waals surface area contributed by atoms with Gasteiger partial charge in [0, 0.05) is 25.3 Å². The van der Waals surface area contributed by atoms with Gasteiger partial charge in [-0.15, -0.1) is 0 Å². The molecule has 1 aromatic carbocycles. The van der Waals surface area contributed by atoms with E-state index in [-0.39, 0.29) is 23.6 Å². The quantitative estimate of drug-likeness (QED) is 0.149. The Hall–Kier alpha value is -4.60. The van der Waals surface area contributed by atoms with Crippen molar-refractivity contribution in [3.05, 3.63) is 41.7 Å². The first kappa shape index (κ1) is 39.8. The molecule has 1 amide bonds. The first-order valence-corrected chi connectivity index (χ1v) is 15.7. The zero-order chi connectivity index (χ0) is 37.9. The first-order chi connectivity index (χ1) is 23.1. The predicted molar refractivity (Wildman–Crippen MR) is 172 cm³/mol. The molecular formula is C34H43F3N2O11. The Labute approximate surface area is 288 Å². The molecule has 0 saturated carbocycles. The second-order valence-electron chi connectivity index (χ2n) is 12.9. The van der Waals surface area contributed by atoms with Gasteiger partial charge in [0.2, 0.25) is 5.82 Å². The molecule has 2 aliphatic rings. The minimum Gasteiger partial charge on any atom is -0.464 e. The number of rotatable bonds is 9. The average molecular weight is 713 g/mol. The van der Waals surface area contributed by atoms with Gasteiger partial charge in [0.1, 0.15) is 29.4 Å². The zero-order valence-corrected chi connectivity index (χ0v) is 29.6. The lowest BCUT2D eigenvalue weighted by atomic mass is 9.81. The SMILES string of the molecule is C=C1C=C(C)c2cc(F)c(OC3(C(=O)OC)OC([C@H](OC(C)=O)[C@@H](CC)OC(C)=O)C(C)C(N/C(C)=N\C(=O)OC(C)(C)C)C3F)c(F)c2O1. The number of hydrogen-bond acceptors (Lipinski definition) is 11. The number of aliphatic imine (C=N–C) groups is 1. The number of alkyl halides is 1. The number of methoxy groups -OCH3 is 1. The topological polar surface area (TPSA) is 157 Å². The summed E-state index contributed by atoms with van der Waals surface area (Å²) in [5.74, 6) is -12.5. The van der Waals surface area contributed by atoms with E-state index in [4.69, 9.17) is 33.2 Å². The van der Waals surface area contributed by atoms with Crippen LogP contribution < -0.4 is 14.8 Å². The van der Waals surface area contributed by atoms with Crippen molar-refractivity contribution in [1.29, 1.82) is 0 Å². The second kappa shape index (κ2) is 15.5. The summed E-state index contributed by atoms with van der Waals surface area (Å²) < 4.78 is 87.0. The molecule has 5 unspecified atom stereocenters. The van der Waals surface area contributed by atoms with Crippen molar-refractivity contribution in [2.45, 2.75) is 111 Å². The molecule has 3 rings (SSSR count). The minimum absolute atomic E-state index is 0.00429. The number of carbonyl (C=O) groups is 4. The molecule has 7 atom stereocenters. The summed E-state index contributed by atoms with van der Waals surface area (Å²) in [4.78, 5) is 54.4. The third-order valence-corrected chi connectivity index (χ3v) is 7.70. The van der Waals surface area contributed by atoms with Gasteiger partial charge in [-0.3, -0.25) is 9.59 Å². The van der Waals surface area contributed by atoms with Crippen LogP contribution in [0.5, 0.6) is 11.5 Å². The number of hydrogen-bond donors (Lipinski definition) is 1. The Kier molecular flexibility index (Phi) is 12.4. The van der Waals surface area contributed by atoms with Crippen LogP contribution in [0.4, 0.5) is 18.0 Å². The number of amides is 1. The third-order valence-electron chi connectivity index (χ3n) is 7.70. The van der Waals surface area contributed by atoms with E-state index in [2.05, 4.69) is 16.9 Å². The monoisotopic (exact) mass is 712 g/mol. The van der Waals surface area contributed by atoms with Crippen LogP contribution in [0.2, 0.25) is 0 Å². The molecule has 0 bridgehead atoms. The molecule has 1 fully saturated rings. The molecule has 0 radical (unpaired) electrons. The van der Waals surface area contributed by atoms with Crippen molar-refractivity contribution in [2.24, 2.45) is 10.9 Å². The number of carbonyl (C=O) groups excluding carboxylic acids is 4. The highest BCUT2D eigenvalue weighted by molar-refractivity contribution is 5.90. The van der Waals surface area contributed by atoms with Crippen LogP contribution in [0, 0.1) is 17.6 Å². The summed E-state index contributed by atoms with van der Waals surface area (Å²) in [5.41, 5.74) is -0.542. The number of allylic oxidation sites excluding steroid dienone is 2. The maximum Gasteiger partial charge on any atom is 0.435 e.